The largest absolute Gasteiger partial charge is 0.346 e. The van der Waals surface area contributed by atoms with Gasteiger partial charge in [-0.1, -0.05) is 0 Å². The minimum absolute atomic E-state index is 0.304. The van der Waals surface area contributed by atoms with E-state index in [9.17, 15) is 8.42 Å². The number of aromatic nitrogens is 1. The van der Waals surface area contributed by atoms with Gasteiger partial charge in [-0.15, -0.1) is 11.6 Å². The molecule has 2 fully saturated rings. The molecule has 1 aliphatic carbocycles. The van der Waals surface area contributed by atoms with Gasteiger partial charge in [-0.05, 0) is 39.4 Å². The lowest BCUT2D eigenvalue weighted by Gasteiger charge is -2.19. The summed E-state index contributed by atoms with van der Waals surface area (Å²) < 4.78 is 29.2. The van der Waals surface area contributed by atoms with Crippen LogP contribution in [0.4, 0.5) is 0 Å². The summed E-state index contributed by atoms with van der Waals surface area (Å²) >= 11 is 5.96. The first-order valence-electron chi connectivity index (χ1n) is 7.36. The molecule has 0 N–H and O–H groups in total. The van der Waals surface area contributed by atoms with Crippen molar-refractivity contribution in [1.29, 1.82) is 0 Å². The molecular formula is C14H22ClN3O2S. The second-order valence-electron chi connectivity index (χ2n) is 6.21. The molecule has 0 bridgehead atoms. The molecule has 1 aliphatic heterocycles. The van der Waals surface area contributed by atoms with Gasteiger partial charge in [0.05, 0.1) is 5.88 Å². The summed E-state index contributed by atoms with van der Waals surface area (Å²) in [5.41, 5.74) is 0.904. The standard InChI is InChI=1S/C14H22ClN3O2S/c1-16(2)12-5-6-17(9-12)21(19,20)14-7-13(8-15)18(10-14)11-3-4-11/h7,10-12H,3-6,8-9H2,1-2H3. The summed E-state index contributed by atoms with van der Waals surface area (Å²) in [4.78, 5) is 2.49. The van der Waals surface area contributed by atoms with Gasteiger partial charge >= 0.3 is 0 Å². The SMILES string of the molecule is CN(C)C1CCN(S(=O)(=O)c2cc(CCl)n(C3CC3)c2)C1. The molecular weight excluding hydrogens is 310 g/mol. The highest BCUT2D eigenvalue weighted by Gasteiger charge is 2.35. The molecule has 1 aromatic heterocycles. The maximum atomic E-state index is 12.8. The fourth-order valence-electron chi connectivity index (χ4n) is 2.94. The Labute approximate surface area is 131 Å². The van der Waals surface area contributed by atoms with Crippen molar-refractivity contribution in [1.82, 2.24) is 13.8 Å². The Morgan fingerprint density at radius 2 is 2.05 bits per heavy atom. The molecule has 2 aliphatic rings. The molecule has 3 rings (SSSR count). The van der Waals surface area contributed by atoms with Crippen LogP contribution in [0.3, 0.4) is 0 Å². The van der Waals surface area contributed by atoms with Crippen LogP contribution >= 0.6 is 11.6 Å². The van der Waals surface area contributed by atoms with E-state index in [2.05, 4.69) is 4.90 Å². The first-order valence-corrected chi connectivity index (χ1v) is 9.34. The van der Waals surface area contributed by atoms with Crippen molar-refractivity contribution in [3.63, 3.8) is 0 Å². The van der Waals surface area contributed by atoms with Crippen LogP contribution in [0.5, 0.6) is 0 Å². The minimum atomic E-state index is -3.40. The van der Waals surface area contributed by atoms with Crippen molar-refractivity contribution < 1.29 is 8.42 Å². The van der Waals surface area contributed by atoms with Crippen LogP contribution in [0.25, 0.3) is 0 Å². The zero-order chi connectivity index (χ0) is 15.2. The highest BCUT2D eigenvalue weighted by molar-refractivity contribution is 7.89. The Morgan fingerprint density at radius 1 is 1.33 bits per heavy atom. The Bertz CT molecular complexity index is 622. The third kappa shape index (κ3) is 2.86. The Kier molecular flexibility index (Phi) is 4.07. The van der Waals surface area contributed by atoms with Crippen molar-refractivity contribution in [2.24, 2.45) is 0 Å². The van der Waals surface area contributed by atoms with E-state index in [1.807, 2.05) is 18.7 Å². The van der Waals surface area contributed by atoms with Gasteiger partial charge in [0.2, 0.25) is 10.0 Å². The topological polar surface area (TPSA) is 45.6 Å². The average Bonchev–Trinajstić information content (AvgIpc) is 3.01. The lowest BCUT2D eigenvalue weighted by atomic mass is 10.2. The normalized spacial score (nSPS) is 24.1. The number of nitrogens with zero attached hydrogens (tertiary/aromatic N) is 3. The number of rotatable bonds is 5. The van der Waals surface area contributed by atoms with Crippen LogP contribution in [0, 0.1) is 0 Å². The van der Waals surface area contributed by atoms with Crippen LogP contribution < -0.4 is 0 Å². The number of hydrogen-bond acceptors (Lipinski definition) is 3. The smallest absolute Gasteiger partial charge is 0.244 e. The molecule has 21 heavy (non-hydrogen) atoms. The third-order valence-electron chi connectivity index (χ3n) is 4.48. The van der Waals surface area contributed by atoms with Crippen LogP contribution in [-0.2, 0) is 15.9 Å². The zero-order valence-corrected chi connectivity index (χ0v) is 14.1. The highest BCUT2D eigenvalue weighted by Crippen LogP contribution is 2.38. The predicted molar refractivity (Wildman–Crippen MR) is 83.1 cm³/mol. The fraction of sp³-hybridized carbons (Fsp3) is 0.714. The molecule has 0 amide bonds. The predicted octanol–water partition coefficient (Wildman–Crippen LogP) is 1.89. The maximum Gasteiger partial charge on any atom is 0.244 e. The molecule has 5 nitrogen and oxygen atoms in total. The van der Waals surface area contributed by atoms with Gasteiger partial charge in [0.15, 0.2) is 0 Å². The van der Waals surface area contributed by atoms with Gasteiger partial charge in [-0.2, -0.15) is 4.31 Å². The van der Waals surface area contributed by atoms with Crippen LogP contribution in [0.2, 0.25) is 0 Å². The highest BCUT2D eigenvalue weighted by atomic mass is 35.5. The van der Waals surface area contributed by atoms with Crippen LogP contribution in [-0.4, -0.2) is 55.4 Å². The minimum Gasteiger partial charge on any atom is -0.346 e. The summed E-state index contributed by atoms with van der Waals surface area (Å²) in [5.74, 6) is 0.354. The van der Waals surface area contributed by atoms with E-state index >= 15 is 0 Å². The Balaban J connectivity index is 1.85. The number of alkyl halides is 1. The molecule has 7 heteroatoms. The van der Waals surface area contributed by atoms with Gasteiger partial charge in [0.25, 0.3) is 0 Å². The molecule has 0 aromatic carbocycles. The first kappa shape index (κ1) is 15.3. The first-order chi connectivity index (χ1) is 9.93. The lowest BCUT2D eigenvalue weighted by Crippen LogP contribution is -2.34. The maximum absolute atomic E-state index is 12.8. The van der Waals surface area contributed by atoms with Crippen molar-refractivity contribution in [2.45, 2.75) is 42.1 Å². The van der Waals surface area contributed by atoms with Gasteiger partial charge in [-0.3, -0.25) is 0 Å². The number of sulfonamides is 1. The van der Waals surface area contributed by atoms with E-state index in [-0.39, 0.29) is 0 Å². The van der Waals surface area contributed by atoms with Gasteiger partial charge < -0.3 is 9.47 Å². The van der Waals surface area contributed by atoms with Crippen molar-refractivity contribution in [3.8, 4) is 0 Å². The second-order valence-corrected chi connectivity index (χ2v) is 8.41. The quantitative estimate of drug-likeness (QED) is 0.774. The molecule has 1 atom stereocenters. The molecule has 118 valence electrons. The Morgan fingerprint density at radius 3 is 2.57 bits per heavy atom. The summed E-state index contributed by atoms with van der Waals surface area (Å²) in [6.07, 6.45) is 4.89. The molecule has 0 radical (unpaired) electrons. The number of hydrogen-bond donors (Lipinski definition) is 0. The lowest BCUT2D eigenvalue weighted by molar-refractivity contribution is 0.302. The molecule has 0 spiro atoms. The van der Waals surface area contributed by atoms with E-state index in [1.54, 1.807) is 16.6 Å². The van der Waals surface area contributed by atoms with Crippen molar-refractivity contribution >= 4 is 21.6 Å². The number of halogens is 1. The monoisotopic (exact) mass is 331 g/mol. The average molecular weight is 332 g/mol. The molecule has 1 unspecified atom stereocenters. The number of likely N-dealkylation sites (N-methyl/N-ethyl adjacent to an activating group) is 1. The van der Waals surface area contributed by atoms with Crippen LogP contribution in [0.1, 0.15) is 31.0 Å². The van der Waals surface area contributed by atoms with E-state index < -0.39 is 10.0 Å². The summed E-state index contributed by atoms with van der Waals surface area (Å²) in [5, 5.41) is 0. The molecule has 1 saturated carbocycles. The molecule has 1 saturated heterocycles. The Hall–Kier alpha value is -0.560. The van der Waals surface area contributed by atoms with E-state index in [0.717, 1.165) is 25.0 Å². The van der Waals surface area contributed by atoms with Gasteiger partial charge in [0, 0.05) is 37.1 Å². The van der Waals surface area contributed by atoms with Crippen molar-refractivity contribution in [3.05, 3.63) is 18.0 Å². The third-order valence-corrected chi connectivity index (χ3v) is 6.58. The molecule has 2 heterocycles. The fourth-order valence-corrected chi connectivity index (χ4v) is 4.70. The zero-order valence-electron chi connectivity index (χ0n) is 12.5. The van der Waals surface area contributed by atoms with Crippen LogP contribution in [0.15, 0.2) is 17.2 Å². The second kappa shape index (κ2) is 5.57. The van der Waals surface area contributed by atoms with E-state index in [4.69, 9.17) is 11.6 Å². The van der Waals surface area contributed by atoms with Gasteiger partial charge in [0.1, 0.15) is 4.90 Å². The summed E-state index contributed by atoms with van der Waals surface area (Å²) in [6, 6.07) is 2.48. The summed E-state index contributed by atoms with van der Waals surface area (Å²) in [7, 11) is 0.597. The van der Waals surface area contributed by atoms with E-state index in [0.29, 0.717) is 35.9 Å². The molecule has 1 aromatic rings. The van der Waals surface area contributed by atoms with E-state index in [1.165, 1.54) is 0 Å². The summed E-state index contributed by atoms with van der Waals surface area (Å²) in [6.45, 7) is 1.16. The van der Waals surface area contributed by atoms with Crippen molar-refractivity contribution in [2.75, 3.05) is 27.2 Å². The van der Waals surface area contributed by atoms with Gasteiger partial charge in [-0.25, -0.2) is 8.42 Å².